The molecule has 0 aliphatic carbocycles. The van der Waals surface area contributed by atoms with Crippen molar-refractivity contribution >= 4 is 0 Å². The highest BCUT2D eigenvalue weighted by atomic mass is 19.4. The lowest BCUT2D eigenvalue weighted by Gasteiger charge is -2.41. The fourth-order valence-electron chi connectivity index (χ4n) is 1.78. The van der Waals surface area contributed by atoms with E-state index in [1.807, 2.05) is 0 Å². The van der Waals surface area contributed by atoms with Crippen LogP contribution in [0.5, 0.6) is 0 Å². The highest BCUT2D eigenvalue weighted by Gasteiger charge is 2.86. The van der Waals surface area contributed by atoms with Crippen LogP contribution in [0.4, 0.5) is 65.9 Å². The zero-order chi connectivity index (χ0) is 20.9. The average molecular weight is 410 g/mol. The van der Waals surface area contributed by atoms with Crippen molar-refractivity contribution in [3.63, 3.8) is 0 Å². The largest absolute Gasteiger partial charge is 0.435 e. The molecule has 0 nitrogen and oxygen atoms in total. The Labute approximate surface area is 128 Å². The molecule has 0 aliphatic heterocycles. The first-order chi connectivity index (χ1) is 10.6. The minimum atomic E-state index is -7.52. The molecule has 0 bridgehead atoms. The standard InChI is InChI=1S/C10H5F15/c1-3(2-11)4(5(12,7(14,15)16)8(17,18)19)6(13,9(20,21)22)10(23,24)25/h2H2,1H3. The Kier molecular flexibility index (Phi) is 5.82. The second-order valence-electron chi connectivity index (χ2n) is 4.60. The third-order valence-electron chi connectivity index (χ3n) is 2.88. The van der Waals surface area contributed by atoms with Crippen LogP contribution in [0.3, 0.4) is 0 Å². The zero-order valence-corrected chi connectivity index (χ0v) is 11.4. The molecule has 0 atom stereocenters. The van der Waals surface area contributed by atoms with E-state index in [1.165, 1.54) is 0 Å². The van der Waals surface area contributed by atoms with Crippen molar-refractivity contribution in [3.8, 4) is 0 Å². The van der Waals surface area contributed by atoms with Gasteiger partial charge in [-0.3, -0.25) is 0 Å². The molecule has 0 aromatic heterocycles. The average Bonchev–Trinajstić information content (AvgIpc) is 2.32. The highest BCUT2D eigenvalue weighted by Crippen LogP contribution is 2.61. The summed E-state index contributed by atoms with van der Waals surface area (Å²) in [6.45, 7) is -3.32. The summed E-state index contributed by atoms with van der Waals surface area (Å²) in [7, 11) is 0. The van der Waals surface area contributed by atoms with Crippen LogP contribution >= 0.6 is 0 Å². The van der Waals surface area contributed by atoms with Crippen molar-refractivity contribution in [2.24, 2.45) is 0 Å². The maximum absolute atomic E-state index is 13.7. The summed E-state index contributed by atoms with van der Waals surface area (Å²) in [6, 6.07) is 0. The molecule has 0 aromatic rings. The monoisotopic (exact) mass is 410 g/mol. The first kappa shape index (κ1) is 23.7. The summed E-state index contributed by atoms with van der Waals surface area (Å²) in [5.41, 5.74) is -22.1. The Morgan fingerprint density at radius 3 is 0.840 bits per heavy atom. The number of allylic oxidation sites excluding steroid dienone is 2. The molecule has 15 heteroatoms. The molecule has 0 heterocycles. The Bertz CT molecular complexity index is 442. The molecule has 25 heavy (non-hydrogen) atoms. The van der Waals surface area contributed by atoms with Crippen LogP contribution in [-0.2, 0) is 0 Å². The highest BCUT2D eigenvalue weighted by molar-refractivity contribution is 5.40. The minimum absolute atomic E-state index is 0.465. The lowest BCUT2D eigenvalue weighted by Crippen LogP contribution is -2.66. The first-order valence-electron chi connectivity index (χ1n) is 5.52. The minimum Gasteiger partial charge on any atom is -0.246 e. The molecule has 0 amide bonds. The van der Waals surface area contributed by atoms with Crippen molar-refractivity contribution < 1.29 is 65.9 Å². The lowest BCUT2D eigenvalue weighted by molar-refractivity contribution is -0.364. The van der Waals surface area contributed by atoms with E-state index >= 15 is 0 Å². The lowest BCUT2D eigenvalue weighted by atomic mass is 9.78. The van der Waals surface area contributed by atoms with Gasteiger partial charge < -0.3 is 0 Å². The zero-order valence-electron chi connectivity index (χ0n) is 11.4. The van der Waals surface area contributed by atoms with E-state index in [9.17, 15) is 65.9 Å². The molecule has 0 rings (SSSR count). The van der Waals surface area contributed by atoms with Gasteiger partial charge in [-0.05, 0) is 12.5 Å². The smallest absolute Gasteiger partial charge is 0.246 e. The van der Waals surface area contributed by atoms with Gasteiger partial charge in [0.25, 0.3) is 0 Å². The Morgan fingerprint density at radius 2 is 0.720 bits per heavy atom. The van der Waals surface area contributed by atoms with Crippen molar-refractivity contribution in [1.29, 1.82) is 0 Å². The summed E-state index contributed by atoms with van der Waals surface area (Å²) in [5, 5.41) is 0. The van der Waals surface area contributed by atoms with Gasteiger partial charge in [-0.1, -0.05) is 0 Å². The van der Waals surface area contributed by atoms with Crippen molar-refractivity contribution in [1.82, 2.24) is 0 Å². The molecule has 0 radical (unpaired) electrons. The maximum atomic E-state index is 13.7. The van der Waals surface area contributed by atoms with Crippen LogP contribution in [0, 0.1) is 0 Å². The van der Waals surface area contributed by atoms with Crippen LogP contribution in [-0.4, -0.2) is 42.7 Å². The number of alkyl halides is 15. The topological polar surface area (TPSA) is 0 Å². The number of halogens is 15. The van der Waals surface area contributed by atoms with Crippen molar-refractivity contribution in [2.45, 2.75) is 43.0 Å². The fraction of sp³-hybridized carbons (Fsp3) is 0.800. The molecule has 0 N–H and O–H groups in total. The second-order valence-corrected chi connectivity index (χ2v) is 4.60. The Balaban J connectivity index is 7.42. The van der Waals surface area contributed by atoms with Gasteiger partial charge in [0.1, 0.15) is 6.67 Å². The SMILES string of the molecule is CC(CF)=C(C(F)(C(F)(F)F)C(F)(F)F)C(F)(C(F)(F)F)C(F)(F)F. The van der Waals surface area contributed by atoms with Gasteiger partial charge in [-0.2, -0.15) is 52.7 Å². The molecule has 0 aromatic carbocycles. The van der Waals surface area contributed by atoms with E-state index in [4.69, 9.17) is 0 Å². The Morgan fingerprint density at radius 1 is 0.520 bits per heavy atom. The molecule has 0 unspecified atom stereocenters. The van der Waals surface area contributed by atoms with E-state index in [0.717, 1.165) is 0 Å². The predicted molar refractivity (Wildman–Crippen MR) is 50.6 cm³/mol. The van der Waals surface area contributed by atoms with Crippen molar-refractivity contribution in [2.75, 3.05) is 6.67 Å². The van der Waals surface area contributed by atoms with Gasteiger partial charge >= 0.3 is 36.0 Å². The van der Waals surface area contributed by atoms with Gasteiger partial charge in [-0.15, -0.1) is 0 Å². The molecular formula is C10H5F15. The number of rotatable bonds is 3. The third-order valence-corrected chi connectivity index (χ3v) is 2.88. The molecule has 0 fully saturated rings. The van der Waals surface area contributed by atoms with E-state index in [2.05, 4.69) is 0 Å². The van der Waals surface area contributed by atoms with E-state index < -0.39 is 60.8 Å². The van der Waals surface area contributed by atoms with Gasteiger partial charge in [0.05, 0.1) is 0 Å². The first-order valence-corrected chi connectivity index (χ1v) is 5.52. The Hall–Kier alpha value is -1.31. The van der Waals surface area contributed by atoms with E-state index in [-0.39, 0.29) is 0 Å². The van der Waals surface area contributed by atoms with Crippen molar-refractivity contribution in [3.05, 3.63) is 11.1 Å². The van der Waals surface area contributed by atoms with Crippen LogP contribution in [0.15, 0.2) is 11.1 Å². The van der Waals surface area contributed by atoms with Crippen LogP contribution in [0.1, 0.15) is 6.92 Å². The summed E-state index contributed by atoms with van der Waals surface area (Å²) < 4.78 is 190. The molecule has 0 spiro atoms. The van der Waals surface area contributed by atoms with Gasteiger partial charge in [0, 0.05) is 5.57 Å². The van der Waals surface area contributed by atoms with Crippen LogP contribution < -0.4 is 0 Å². The summed E-state index contributed by atoms with van der Waals surface area (Å²) in [5.74, 6) is 0. The van der Waals surface area contributed by atoms with Crippen LogP contribution in [0.25, 0.3) is 0 Å². The summed E-state index contributed by atoms with van der Waals surface area (Å²) >= 11 is 0. The third kappa shape index (κ3) is 3.50. The fourth-order valence-corrected chi connectivity index (χ4v) is 1.78. The van der Waals surface area contributed by atoms with Gasteiger partial charge in [-0.25, -0.2) is 13.2 Å². The molecular weight excluding hydrogens is 405 g/mol. The quantitative estimate of drug-likeness (QED) is 0.399. The molecule has 0 aliphatic rings. The van der Waals surface area contributed by atoms with Gasteiger partial charge in [0.2, 0.25) is 0 Å². The van der Waals surface area contributed by atoms with E-state index in [0.29, 0.717) is 0 Å². The van der Waals surface area contributed by atoms with E-state index in [1.54, 1.807) is 0 Å². The maximum Gasteiger partial charge on any atom is 0.435 e. The predicted octanol–water partition coefficient (Wildman–Crippen LogP) is 5.94. The van der Waals surface area contributed by atoms with Crippen LogP contribution in [0.2, 0.25) is 0 Å². The van der Waals surface area contributed by atoms with Gasteiger partial charge in [0.15, 0.2) is 0 Å². The number of hydrogen-bond donors (Lipinski definition) is 0. The second kappa shape index (κ2) is 6.14. The molecule has 0 saturated heterocycles. The summed E-state index contributed by atoms with van der Waals surface area (Å²) in [6.07, 6.45) is -30.1. The number of hydrogen-bond acceptors (Lipinski definition) is 0. The molecule has 0 saturated carbocycles. The summed E-state index contributed by atoms with van der Waals surface area (Å²) in [4.78, 5) is 0. The molecule has 150 valence electrons. The normalized spacial score (nSPS) is 15.4.